The molecule has 0 aliphatic rings. The fraction of sp³-hybridized carbons (Fsp3) is 0.100. The molecule has 0 saturated heterocycles. The van der Waals surface area contributed by atoms with Crippen molar-refractivity contribution in [2.24, 2.45) is 0 Å². The van der Waals surface area contributed by atoms with Crippen LogP contribution in [0, 0.1) is 0 Å². The van der Waals surface area contributed by atoms with Gasteiger partial charge < -0.3 is 10.1 Å². The second-order valence-electron chi connectivity index (χ2n) is 5.57. The van der Waals surface area contributed by atoms with Gasteiger partial charge in [0.2, 0.25) is 5.91 Å². The number of rotatable bonds is 6. The Kier molecular flexibility index (Phi) is 5.71. The Morgan fingerprint density at radius 3 is 2.73 bits per heavy atom. The summed E-state index contributed by atoms with van der Waals surface area (Å²) in [5.41, 5.74) is 1.87. The summed E-state index contributed by atoms with van der Waals surface area (Å²) >= 11 is 5.90. The second kappa shape index (κ2) is 8.36. The van der Waals surface area contributed by atoms with Crippen LogP contribution in [0.2, 0.25) is 5.02 Å². The lowest BCUT2D eigenvalue weighted by atomic mass is 10.2. The van der Waals surface area contributed by atoms with Crippen LogP contribution in [0.5, 0.6) is 5.75 Å². The van der Waals surface area contributed by atoms with Crippen molar-refractivity contribution >= 4 is 29.4 Å². The van der Waals surface area contributed by atoms with E-state index in [-0.39, 0.29) is 5.91 Å². The molecule has 0 radical (unpaired) electrons. The van der Waals surface area contributed by atoms with E-state index in [1.807, 2.05) is 48.5 Å². The van der Waals surface area contributed by atoms with Crippen molar-refractivity contribution in [2.45, 2.75) is 6.54 Å². The third kappa shape index (κ3) is 4.52. The van der Waals surface area contributed by atoms with Crippen LogP contribution in [0.25, 0.3) is 6.08 Å². The van der Waals surface area contributed by atoms with Crippen molar-refractivity contribution in [2.75, 3.05) is 12.4 Å². The zero-order chi connectivity index (χ0) is 18.4. The van der Waals surface area contributed by atoms with Crippen molar-refractivity contribution in [1.29, 1.82) is 0 Å². The minimum Gasteiger partial charge on any atom is -0.496 e. The summed E-state index contributed by atoms with van der Waals surface area (Å²) in [6.45, 7) is 0.538. The van der Waals surface area contributed by atoms with E-state index in [1.165, 1.54) is 6.08 Å². The van der Waals surface area contributed by atoms with Gasteiger partial charge >= 0.3 is 0 Å². The lowest BCUT2D eigenvalue weighted by molar-refractivity contribution is -0.111. The van der Waals surface area contributed by atoms with Gasteiger partial charge in [-0.2, -0.15) is 5.10 Å². The first kappa shape index (κ1) is 17.8. The quantitative estimate of drug-likeness (QED) is 0.663. The third-order valence-electron chi connectivity index (χ3n) is 3.77. The van der Waals surface area contributed by atoms with Crippen molar-refractivity contribution in [3.05, 3.63) is 83.0 Å². The van der Waals surface area contributed by atoms with Gasteiger partial charge in [0, 0.05) is 22.7 Å². The van der Waals surface area contributed by atoms with Crippen LogP contribution < -0.4 is 10.1 Å². The number of para-hydroxylation sites is 1. The number of amides is 1. The highest BCUT2D eigenvalue weighted by Crippen LogP contribution is 2.19. The summed E-state index contributed by atoms with van der Waals surface area (Å²) in [7, 11) is 1.60. The van der Waals surface area contributed by atoms with Gasteiger partial charge in [0.05, 0.1) is 19.9 Å². The Balaban J connectivity index is 1.67. The lowest BCUT2D eigenvalue weighted by Gasteiger charge is -2.08. The molecular formula is C20H18ClN3O2. The largest absolute Gasteiger partial charge is 0.496 e. The zero-order valence-electron chi connectivity index (χ0n) is 14.2. The molecule has 1 amide bonds. The van der Waals surface area contributed by atoms with Gasteiger partial charge in [-0.05, 0) is 29.8 Å². The molecule has 1 heterocycles. The molecule has 3 aromatic rings. The SMILES string of the molecule is COc1ccccc1/C=C/C(=O)Nc1ccnn1Cc1ccc(Cl)cc1. The average molecular weight is 368 g/mol. The second-order valence-corrected chi connectivity index (χ2v) is 6.00. The molecule has 26 heavy (non-hydrogen) atoms. The first-order chi connectivity index (χ1) is 12.7. The van der Waals surface area contributed by atoms with Crippen LogP contribution in [-0.4, -0.2) is 22.8 Å². The number of aromatic nitrogens is 2. The van der Waals surface area contributed by atoms with E-state index in [9.17, 15) is 4.79 Å². The van der Waals surface area contributed by atoms with Crippen molar-refractivity contribution in [3.63, 3.8) is 0 Å². The fourth-order valence-corrected chi connectivity index (χ4v) is 2.59. The number of ether oxygens (including phenoxy) is 1. The first-order valence-corrected chi connectivity index (χ1v) is 8.42. The standard InChI is InChI=1S/C20H18ClN3O2/c1-26-18-5-3-2-4-16(18)8-11-20(25)23-19-12-13-22-24(19)14-15-6-9-17(21)10-7-15/h2-13H,14H2,1H3,(H,23,25)/b11-8+. The Bertz CT molecular complexity index is 917. The van der Waals surface area contributed by atoms with E-state index in [0.29, 0.717) is 23.1 Å². The molecule has 0 aliphatic carbocycles. The fourth-order valence-electron chi connectivity index (χ4n) is 2.47. The molecule has 3 rings (SSSR count). The monoisotopic (exact) mass is 367 g/mol. The highest BCUT2D eigenvalue weighted by molar-refractivity contribution is 6.30. The molecule has 132 valence electrons. The molecule has 0 saturated carbocycles. The number of halogens is 1. The minimum atomic E-state index is -0.242. The molecule has 1 aromatic heterocycles. The summed E-state index contributed by atoms with van der Waals surface area (Å²) in [5, 5.41) is 7.78. The maximum atomic E-state index is 12.2. The summed E-state index contributed by atoms with van der Waals surface area (Å²) in [6, 6.07) is 16.8. The molecule has 5 nitrogen and oxygen atoms in total. The maximum absolute atomic E-state index is 12.2. The molecule has 0 aliphatic heterocycles. The van der Waals surface area contributed by atoms with E-state index < -0.39 is 0 Å². The normalized spacial score (nSPS) is 10.8. The number of hydrogen-bond acceptors (Lipinski definition) is 3. The predicted octanol–water partition coefficient (Wildman–Crippen LogP) is 4.25. The number of benzene rings is 2. The number of carbonyl (C=O) groups is 1. The Labute approximate surface area is 156 Å². The molecule has 0 unspecified atom stereocenters. The molecular weight excluding hydrogens is 350 g/mol. The van der Waals surface area contributed by atoms with E-state index in [2.05, 4.69) is 10.4 Å². The average Bonchev–Trinajstić information content (AvgIpc) is 3.08. The van der Waals surface area contributed by atoms with Crippen molar-refractivity contribution in [1.82, 2.24) is 9.78 Å². The van der Waals surface area contributed by atoms with Crippen LogP contribution in [0.3, 0.4) is 0 Å². The molecule has 2 aromatic carbocycles. The smallest absolute Gasteiger partial charge is 0.249 e. The van der Waals surface area contributed by atoms with Gasteiger partial charge in [0.1, 0.15) is 11.6 Å². The number of hydrogen-bond donors (Lipinski definition) is 1. The van der Waals surface area contributed by atoms with Gasteiger partial charge in [0.25, 0.3) is 0 Å². The molecule has 0 atom stereocenters. The predicted molar refractivity (Wildman–Crippen MR) is 103 cm³/mol. The summed E-state index contributed by atoms with van der Waals surface area (Å²) in [5.74, 6) is 1.09. The highest BCUT2D eigenvalue weighted by Gasteiger charge is 2.06. The van der Waals surface area contributed by atoms with Crippen LogP contribution in [-0.2, 0) is 11.3 Å². The summed E-state index contributed by atoms with van der Waals surface area (Å²) < 4.78 is 6.99. The summed E-state index contributed by atoms with van der Waals surface area (Å²) in [4.78, 5) is 12.2. The number of nitrogens with zero attached hydrogens (tertiary/aromatic N) is 2. The topological polar surface area (TPSA) is 56.1 Å². The van der Waals surface area contributed by atoms with E-state index in [1.54, 1.807) is 30.1 Å². The number of carbonyl (C=O) groups excluding carboxylic acids is 1. The van der Waals surface area contributed by atoms with Gasteiger partial charge in [-0.3, -0.25) is 4.79 Å². The summed E-state index contributed by atoms with van der Waals surface area (Å²) in [6.07, 6.45) is 4.83. The Morgan fingerprint density at radius 2 is 1.96 bits per heavy atom. The zero-order valence-corrected chi connectivity index (χ0v) is 15.0. The van der Waals surface area contributed by atoms with Crippen LogP contribution in [0.1, 0.15) is 11.1 Å². The van der Waals surface area contributed by atoms with Crippen molar-refractivity contribution in [3.8, 4) is 5.75 Å². The third-order valence-corrected chi connectivity index (χ3v) is 4.02. The van der Waals surface area contributed by atoms with E-state index in [4.69, 9.17) is 16.3 Å². The molecule has 0 fully saturated rings. The first-order valence-electron chi connectivity index (χ1n) is 8.04. The Morgan fingerprint density at radius 1 is 1.19 bits per heavy atom. The van der Waals surface area contributed by atoms with Crippen LogP contribution in [0.4, 0.5) is 5.82 Å². The van der Waals surface area contributed by atoms with Crippen LogP contribution in [0.15, 0.2) is 66.9 Å². The van der Waals surface area contributed by atoms with Gasteiger partial charge in [-0.1, -0.05) is 41.9 Å². The van der Waals surface area contributed by atoms with Gasteiger partial charge in [-0.25, -0.2) is 4.68 Å². The molecule has 0 bridgehead atoms. The molecule has 1 N–H and O–H groups in total. The molecule has 0 spiro atoms. The highest BCUT2D eigenvalue weighted by atomic mass is 35.5. The van der Waals surface area contributed by atoms with E-state index >= 15 is 0 Å². The van der Waals surface area contributed by atoms with Gasteiger partial charge in [0.15, 0.2) is 0 Å². The molecule has 6 heteroatoms. The maximum Gasteiger partial charge on any atom is 0.249 e. The van der Waals surface area contributed by atoms with Crippen LogP contribution >= 0.6 is 11.6 Å². The van der Waals surface area contributed by atoms with Gasteiger partial charge in [-0.15, -0.1) is 0 Å². The van der Waals surface area contributed by atoms with Crippen molar-refractivity contribution < 1.29 is 9.53 Å². The number of methoxy groups -OCH3 is 1. The lowest BCUT2D eigenvalue weighted by Crippen LogP contribution is -2.13. The number of nitrogens with one attached hydrogen (secondary N) is 1. The minimum absolute atomic E-state index is 0.242. The number of anilines is 1. The Hall–Kier alpha value is -3.05. The van der Waals surface area contributed by atoms with E-state index in [0.717, 1.165) is 11.1 Å².